The number of rotatable bonds is 6. The van der Waals surface area contributed by atoms with E-state index in [0.717, 1.165) is 0 Å². The number of ether oxygens (including phenoxy) is 1. The van der Waals surface area contributed by atoms with Crippen LogP contribution in [0.15, 0.2) is 0 Å². The summed E-state index contributed by atoms with van der Waals surface area (Å²) in [7, 11) is 0. The first-order valence-electron chi connectivity index (χ1n) is 3.28. The molecule has 0 rings (SSSR count). The number of hydrogen-bond donors (Lipinski definition) is 1. The highest BCUT2D eigenvalue weighted by molar-refractivity contribution is 5.71. The second-order valence-corrected chi connectivity index (χ2v) is 1.75. The van der Waals surface area contributed by atoms with E-state index < -0.39 is 25.2 Å². The number of carboxylic acid groups (broad SMARTS) is 1. The van der Waals surface area contributed by atoms with Gasteiger partial charge in [0.1, 0.15) is 13.2 Å². The van der Waals surface area contributed by atoms with Gasteiger partial charge in [-0.3, -0.25) is 4.89 Å². The Hall–Kier alpha value is -1.14. The van der Waals surface area contributed by atoms with Gasteiger partial charge in [0.15, 0.2) is 0 Å². The number of hydrogen-bond acceptors (Lipinski definition) is 5. The average molecular weight is 178 g/mol. The molecule has 1 N–H and O–H groups in total. The lowest BCUT2D eigenvalue weighted by Gasteiger charge is -2.00. The van der Waals surface area contributed by atoms with Crippen LogP contribution in [-0.2, 0) is 24.1 Å². The molecule has 0 unspecified atom stereocenters. The Kier molecular flexibility index (Phi) is 5.94. The van der Waals surface area contributed by atoms with Gasteiger partial charge in [-0.2, -0.15) is 4.89 Å². The molecule has 0 aliphatic heterocycles. The molecule has 12 heavy (non-hydrogen) atoms. The van der Waals surface area contributed by atoms with Crippen molar-refractivity contribution in [1.29, 1.82) is 0 Å². The molecule has 0 radical (unpaired) electrons. The molecular formula is C6H10O6. The summed E-state index contributed by atoms with van der Waals surface area (Å²) in [5.74, 6) is -1.89. The van der Waals surface area contributed by atoms with Crippen molar-refractivity contribution in [3.05, 3.63) is 0 Å². The van der Waals surface area contributed by atoms with Gasteiger partial charge in [0.25, 0.3) is 0 Å². The third-order valence-corrected chi connectivity index (χ3v) is 0.715. The van der Waals surface area contributed by atoms with Crippen molar-refractivity contribution in [1.82, 2.24) is 0 Å². The fourth-order valence-corrected chi connectivity index (χ4v) is 0.370. The third kappa shape index (κ3) is 6.97. The van der Waals surface area contributed by atoms with Gasteiger partial charge in [-0.25, -0.2) is 9.59 Å². The van der Waals surface area contributed by atoms with Crippen molar-refractivity contribution in [2.24, 2.45) is 0 Å². The second-order valence-electron chi connectivity index (χ2n) is 1.75. The molecule has 0 spiro atoms. The maximum absolute atomic E-state index is 10.5. The Balaban J connectivity index is 3.25. The van der Waals surface area contributed by atoms with Crippen molar-refractivity contribution < 1.29 is 29.2 Å². The standard InChI is InChI=1S/C6H10O6/c1-2-11-12-6(9)4-10-3-5(7)8/h2-4H2,1H3,(H,7,8). The molecule has 70 valence electrons. The van der Waals surface area contributed by atoms with Crippen LogP contribution in [0.5, 0.6) is 0 Å². The van der Waals surface area contributed by atoms with Crippen LogP contribution in [0.3, 0.4) is 0 Å². The van der Waals surface area contributed by atoms with E-state index in [-0.39, 0.29) is 6.61 Å². The number of carbonyl (C=O) groups excluding carboxylic acids is 1. The molecule has 0 saturated heterocycles. The van der Waals surface area contributed by atoms with Gasteiger partial charge >= 0.3 is 11.9 Å². The highest BCUT2D eigenvalue weighted by Crippen LogP contribution is 1.83. The molecule has 0 aromatic carbocycles. The highest BCUT2D eigenvalue weighted by atomic mass is 17.2. The molecular weight excluding hydrogens is 168 g/mol. The Labute approximate surface area is 69.0 Å². The first-order chi connectivity index (χ1) is 5.66. The van der Waals surface area contributed by atoms with Crippen LogP contribution in [0.25, 0.3) is 0 Å². The molecule has 0 atom stereocenters. The molecule has 0 aromatic rings. The van der Waals surface area contributed by atoms with E-state index in [0.29, 0.717) is 0 Å². The normalized spacial score (nSPS) is 9.42. The van der Waals surface area contributed by atoms with Gasteiger partial charge in [0.2, 0.25) is 0 Å². The quantitative estimate of drug-likeness (QED) is 0.439. The Morgan fingerprint density at radius 3 is 2.50 bits per heavy atom. The zero-order chi connectivity index (χ0) is 9.40. The Morgan fingerprint density at radius 2 is 2.00 bits per heavy atom. The number of aliphatic carboxylic acids is 1. The fourth-order valence-electron chi connectivity index (χ4n) is 0.370. The number of carbonyl (C=O) groups is 2. The second kappa shape index (κ2) is 6.56. The summed E-state index contributed by atoms with van der Waals surface area (Å²) in [6.45, 7) is 0.934. The lowest BCUT2D eigenvalue weighted by molar-refractivity contribution is -0.272. The minimum Gasteiger partial charge on any atom is -0.480 e. The van der Waals surface area contributed by atoms with Crippen molar-refractivity contribution in [3.63, 3.8) is 0 Å². The van der Waals surface area contributed by atoms with E-state index in [2.05, 4.69) is 14.5 Å². The van der Waals surface area contributed by atoms with Gasteiger partial charge in [-0.15, -0.1) is 0 Å². The van der Waals surface area contributed by atoms with Crippen molar-refractivity contribution >= 4 is 11.9 Å². The van der Waals surface area contributed by atoms with Gasteiger partial charge in [0, 0.05) is 0 Å². The summed E-state index contributed by atoms with van der Waals surface area (Å²) in [4.78, 5) is 28.8. The molecule has 0 amide bonds. The van der Waals surface area contributed by atoms with Gasteiger partial charge in [-0.05, 0) is 6.92 Å². The van der Waals surface area contributed by atoms with Crippen molar-refractivity contribution in [2.75, 3.05) is 19.8 Å². The summed E-state index contributed by atoms with van der Waals surface area (Å²) in [5, 5.41) is 8.09. The minimum absolute atomic E-state index is 0.241. The fraction of sp³-hybridized carbons (Fsp3) is 0.667. The summed E-state index contributed by atoms with van der Waals surface area (Å²) in [5.41, 5.74) is 0. The summed E-state index contributed by atoms with van der Waals surface area (Å²) in [6, 6.07) is 0. The van der Waals surface area contributed by atoms with E-state index in [4.69, 9.17) is 5.11 Å². The molecule has 6 nitrogen and oxygen atoms in total. The smallest absolute Gasteiger partial charge is 0.367 e. The lowest BCUT2D eigenvalue weighted by Crippen LogP contribution is -2.16. The maximum atomic E-state index is 10.5. The Bertz CT molecular complexity index is 154. The van der Waals surface area contributed by atoms with Crippen molar-refractivity contribution in [3.8, 4) is 0 Å². The molecule has 0 fully saturated rings. The van der Waals surface area contributed by atoms with Crippen LogP contribution in [0.4, 0.5) is 0 Å². The summed E-state index contributed by atoms with van der Waals surface area (Å²) >= 11 is 0. The predicted molar refractivity (Wildman–Crippen MR) is 36.2 cm³/mol. The van der Waals surface area contributed by atoms with Crippen LogP contribution in [0, 0.1) is 0 Å². The molecule has 0 aliphatic rings. The third-order valence-electron chi connectivity index (χ3n) is 0.715. The number of carboxylic acids is 1. The molecule has 6 heteroatoms. The summed E-state index contributed by atoms with van der Waals surface area (Å²) < 4.78 is 4.40. The zero-order valence-electron chi connectivity index (χ0n) is 6.61. The van der Waals surface area contributed by atoms with Gasteiger partial charge in [0.05, 0.1) is 6.61 Å². The molecule has 0 heterocycles. The van der Waals surface area contributed by atoms with Gasteiger partial charge < -0.3 is 9.84 Å². The van der Waals surface area contributed by atoms with Crippen LogP contribution in [0.2, 0.25) is 0 Å². The maximum Gasteiger partial charge on any atom is 0.367 e. The van der Waals surface area contributed by atoms with Crippen LogP contribution in [-0.4, -0.2) is 36.9 Å². The molecule has 0 aliphatic carbocycles. The monoisotopic (exact) mass is 178 g/mol. The van der Waals surface area contributed by atoms with Crippen LogP contribution < -0.4 is 0 Å². The molecule has 0 aromatic heterocycles. The van der Waals surface area contributed by atoms with E-state index in [1.165, 1.54) is 0 Å². The Morgan fingerprint density at radius 1 is 1.33 bits per heavy atom. The predicted octanol–water partition coefficient (Wildman–Crippen LogP) is -0.418. The molecule has 0 bridgehead atoms. The first-order valence-corrected chi connectivity index (χ1v) is 3.28. The van der Waals surface area contributed by atoms with Crippen molar-refractivity contribution in [2.45, 2.75) is 6.92 Å². The first kappa shape index (κ1) is 10.9. The van der Waals surface area contributed by atoms with Crippen LogP contribution in [0.1, 0.15) is 6.92 Å². The average Bonchev–Trinajstić information content (AvgIpc) is 2.00. The van der Waals surface area contributed by atoms with E-state index in [1.54, 1.807) is 6.92 Å². The topological polar surface area (TPSA) is 82.1 Å². The SMILES string of the molecule is CCOOC(=O)COCC(=O)O. The lowest BCUT2D eigenvalue weighted by atomic mass is 10.7. The zero-order valence-corrected chi connectivity index (χ0v) is 6.61. The summed E-state index contributed by atoms with van der Waals surface area (Å²) in [6.07, 6.45) is 0. The minimum atomic E-state index is -1.14. The largest absolute Gasteiger partial charge is 0.480 e. The molecule has 0 saturated carbocycles. The van der Waals surface area contributed by atoms with E-state index in [9.17, 15) is 9.59 Å². The van der Waals surface area contributed by atoms with E-state index >= 15 is 0 Å². The van der Waals surface area contributed by atoms with Crippen LogP contribution >= 0.6 is 0 Å². The highest BCUT2D eigenvalue weighted by Gasteiger charge is 2.04. The van der Waals surface area contributed by atoms with Gasteiger partial charge in [-0.1, -0.05) is 0 Å². The van der Waals surface area contributed by atoms with E-state index in [1.807, 2.05) is 0 Å².